The fourth-order valence-corrected chi connectivity index (χ4v) is 1.93. The minimum Gasteiger partial charge on any atom is -0.468 e. The standard InChI is InChI=1S/C13H18BrNO2/c1-10(8-11-6-4-3-5-7-11)15-9-12(14)13(16)17-2/h3-7,10,12,15H,8-9H2,1-2H3. The SMILES string of the molecule is COC(=O)C(Br)CNC(C)Cc1ccccc1. The third kappa shape index (κ3) is 5.33. The second-order valence-corrected chi connectivity index (χ2v) is 5.10. The monoisotopic (exact) mass is 299 g/mol. The largest absolute Gasteiger partial charge is 0.468 e. The van der Waals surface area contributed by atoms with Gasteiger partial charge in [0.2, 0.25) is 0 Å². The van der Waals surface area contributed by atoms with E-state index in [9.17, 15) is 4.79 Å². The zero-order chi connectivity index (χ0) is 12.7. The van der Waals surface area contributed by atoms with Crippen molar-refractivity contribution in [2.45, 2.75) is 24.2 Å². The van der Waals surface area contributed by atoms with Crippen LogP contribution < -0.4 is 5.32 Å². The van der Waals surface area contributed by atoms with E-state index >= 15 is 0 Å². The summed E-state index contributed by atoms with van der Waals surface area (Å²) >= 11 is 3.28. The normalized spacial score (nSPS) is 14.1. The van der Waals surface area contributed by atoms with Crippen LogP contribution in [0.1, 0.15) is 12.5 Å². The van der Waals surface area contributed by atoms with E-state index in [0.29, 0.717) is 12.6 Å². The molecule has 0 bridgehead atoms. The Kier molecular flexibility index (Phi) is 6.22. The number of carbonyl (C=O) groups is 1. The maximum absolute atomic E-state index is 11.2. The topological polar surface area (TPSA) is 38.3 Å². The Bertz CT molecular complexity index is 343. The molecule has 0 radical (unpaired) electrons. The highest BCUT2D eigenvalue weighted by Gasteiger charge is 2.15. The van der Waals surface area contributed by atoms with E-state index in [0.717, 1.165) is 6.42 Å². The first-order valence-corrected chi connectivity index (χ1v) is 6.54. The van der Waals surface area contributed by atoms with Gasteiger partial charge >= 0.3 is 5.97 Å². The van der Waals surface area contributed by atoms with Crippen LogP contribution in [0.4, 0.5) is 0 Å². The molecule has 1 N–H and O–H groups in total. The summed E-state index contributed by atoms with van der Waals surface area (Å²) in [7, 11) is 1.39. The molecule has 0 aliphatic carbocycles. The second-order valence-electron chi connectivity index (χ2n) is 3.99. The van der Waals surface area contributed by atoms with Crippen LogP contribution in [0.5, 0.6) is 0 Å². The molecule has 0 aliphatic heterocycles. The summed E-state index contributed by atoms with van der Waals surface area (Å²) < 4.78 is 4.64. The lowest BCUT2D eigenvalue weighted by Gasteiger charge is -2.15. The van der Waals surface area contributed by atoms with Crippen molar-refractivity contribution < 1.29 is 9.53 Å². The number of nitrogens with one attached hydrogen (secondary N) is 1. The number of alkyl halides is 1. The van der Waals surface area contributed by atoms with Crippen molar-refractivity contribution in [1.82, 2.24) is 5.32 Å². The molecule has 1 aromatic carbocycles. The Hall–Kier alpha value is -0.870. The number of rotatable bonds is 6. The molecule has 0 saturated heterocycles. The van der Waals surface area contributed by atoms with Gasteiger partial charge in [0.05, 0.1) is 7.11 Å². The molecule has 3 nitrogen and oxygen atoms in total. The van der Waals surface area contributed by atoms with Crippen LogP contribution in [0.25, 0.3) is 0 Å². The van der Waals surface area contributed by atoms with Gasteiger partial charge in [0.1, 0.15) is 4.83 Å². The van der Waals surface area contributed by atoms with Gasteiger partial charge in [-0.1, -0.05) is 46.3 Å². The van der Waals surface area contributed by atoms with Gasteiger partial charge in [-0.2, -0.15) is 0 Å². The quantitative estimate of drug-likeness (QED) is 0.646. The maximum Gasteiger partial charge on any atom is 0.320 e. The molecule has 17 heavy (non-hydrogen) atoms. The zero-order valence-corrected chi connectivity index (χ0v) is 11.7. The first-order chi connectivity index (χ1) is 8.13. The lowest BCUT2D eigenvalue weighted by Crippen LogP contribution is -2.36. The number of ether oxygens (including phenoxy) is 1. The van der Waals surface area contributed by atoms with Gasteiger partial charge in [-0.3, -0.25) is 4.79 Å². The van der Waals surface area contributed by atoms with Crippen molar-refractivity contribution in [2.75, 3.05) is 13.7 Å². The van der Waals surface area contributed by atoms with Gasteiger partial charge < -0.3 is 10.1 Å². The van der Waals surface area contributed by atoms with Gasteiger partial charge in [0.25, 0.3) is 0 Å². The van der Waals surface area contributed by atoms with E-state index in [1.54, 1.807) is 0 Å². The van der Waals surface area contributed by atoms with E-state index in [4.69, 9.17) is 0 Å². The number of halogens is 1. The summed E-state index contributed by atoms with van der Waals surface area (Å²) in [6.45, 7) is 2.67. The number of hydrogen-bond donors (Lipinski definition) is 1. The van der Waals surface area contributed by atoms with Crippen LogP contribution in [0.2, 0.25) is 0 Å². The van der Waals surface area contributed by atoms with Gasteiger partial charge in [0, 0.05) is 12.6 Å². The van der Waals surface area contributed by atoms with Gasteiger partial charge in [-0.05, 0) is 18.9 Å². The zero-order valence-electron chi connectivity index (χ0n) is 10.2. The molecule has 0 saturated carbocycles. The predicted octanol–water partition coefficient (Wildman–Crippen LogP) is 2.14. The number of benzene rings is 1. The van der Waals surface area contributed by atoms with E-state index in [1.165, 1.54) is 12.7 Å². The highest BCUT2D eigenvalue weighted by Crippen LogP contribution is 2.04. The summed E-state index contributed by atoms with van der Waals surface area (Å²) in [6.07, 6.45) is 0.946. The molecule has 94 valence electrons. The van der Waals surface area contributed by atoms with Gasteiger partial charge in [0.15, 0.2) is 0 Å². The Labute approximate surface area is 111 Å². The fourth-order valence-electron chi connectivity index (χ4n) is 1.56. The number of carbonyl (C=O) groups excluding carboxylic acids is 1. The van der Waals surface area contributed by atoms with E-state index in [1.807, 2.05) is 18.2 Å². The van der Waals surface area contributed by atoms with Gasteiger partial charge in [-0.15, -0.1) is 0 Å². The second kappa shape index (κ2) is 7.45. The van der Waals surface area contributed by atoms with E-state index in [-0.39, 0.29) is 10.8 Å². The average molecular weight is 300 g/mol. The van der Waals surface area contributed by atoms with E-state index < -0.39 is 0 Å². The fraction of sp³-hybridized carbons (Fsp3) is 0.462. The lowest BCUT2D eigenvalue weighted by molar-refractivity contribution is -0.139. The van der Waals surface area contributed by atoms with Crippen LogP contribution in [-0.2, 0) is 16.0 Å². The van der Waals surface area contributed by atoms with Crippen molar-refractivity contribution in [2.24, 2.45) is 0 Å². The summed E-state index contributed by atoms with van der Waals surface area (Å²) in [6, 6.07) is 10.6. The number of esters is 1. The van der Waals surface area contributed by atoms with Gasteiger partial charge in [-0.25, -0.2) is 0 Å². The smallest absolute Gasteiger partial charge is 0.320 e. The minimum atomic E-state index is -0.286. The molecule has 0 amide bonds. The summed E-state index contributed by atoms with van der Waals surface area (Å²) in [4.78, 5) is 10.9. The molecule has 0 heterocycles. The van der Waals surface area contributed by atoms with Crippen LogP contribution in [0, 0.1) is 0 Å². The van der Waals surface area contributed by atoms with Crippen molar-refractivity contribution in [1.29, 1.82) is 0 Å². The van der Waals surface area contributed by atoms with Crippen LogP contribution in [-0.4, -0.2) is 30.5 Å². The van der Waals surface area contributed by atoms with E-state index in [2.05, 4.69) is 45.0 Å². The first-order valence-electron chi connectivity index (χ1n) is 5.62. The number of methoxy groups -OCH3 is 1. The third-order valence-corrected chi connectivity index (χ3v) is 3.18. The first kappa shape index (κ1) is 14.2. The molecular formula is C13H18BrNO2. The number of hydrogen-bond acceptors (Lipinski definition) is 3. The van der Waals surface area contributed by atoms with Crippen LogP contribution in [0.15, 0.2) is 30.3 Å². The molecule has 0 spiro atoms. The molecule has 1 rings (SSSR count). The Balaban J connectivity index is 2.31. The molecule has 4 heteroatoms. The molecule has 0 fully saturated rings. The minimum absolute atomic E-state index is 0.246. The van der Waals surface area contributed by atoms with Crippen molar-refractivity contribution >= 4 is 21.9 Å². The molecule has 2 atom stereocenters. The maximum atomic E-state index is 11.2. The highest BCUT2D eigenvalue weighted by atomic mass is 79.9. The summed E-state index contributed by atoms with van der Waals surface area (Å²) in [5, 5.41) is 3.30. The predicted molar refractivity (Wildman–Crippen MR) is 72.3 cm³/mol. The molecule has 1 aromatic rings. The van der Waals surface area contributed by atoms with Crippen LogP contribution >= 0.6 is 15.9 Å². The Morgan fingerprint density at radius 2 is 2.06 bits per heavy atom. The third-order valence-electron chi connectivity index (χ3n) is 2.49. The molecule has 2 unspecified atom stereocenters. The molecule has 0 aliphatic rings. The average Bonchev–Trinajstić information content (AvgIpc) is 2.36. The summed E-state index contributed by atoms with van der Waals surface area (Å²) in [5.74, 6) is -0.246. The van der Waals surface area contributed by atoms with Crippen LogP contribution in [0.3, 0.4) is 0 Å². The molecule has 0 aromatic heterocycles. The highest BCUT2D eigenvalue weighted by molar-refractivity contribution is 9.10. The van der Waals surface area contributed by atoms with Crippen molar-refractivity contribution in [3.05, 3.63) is 35.9 Å². The van der Waals surface area contributed by atoms with Crippen molar-refractivity contribution in [3.63, 3.8) is 0 Å². The Morgan fingerprint density at radius 1 is 1.41 bits per heavy atom. The molecular weight excluding hydrogens is 282 g/mol. The lowest BCUT2D eigenvalue weighted by atomic mass is 10.1. The Morgan fingerprint density at radius 3 is 2.65 bits per heavy atom. The van der Waals surface area contributed by atoms with Crippen molar-refractivity contribution in [3.8, 4) is 0 Å². The summed E-state index contributed by atoms with van der Waals surface area (Å²) in [5.41, 5.74) is 1.29.